The number of hydrogen-bond acceptors (Lipinski definition) is 5. The van der Waals surface area contributed by atoms with Gasteiger partial charge in [0.05, 0.1) is 12.4 Å². The summed E-state index contributed by atoms with van der Waals surface area (Å²) in [6, 6.07) is 0.194. The Morgan fingerprint density at radius 3 is 3.00 bits per heavy atom. The Balaban J connectivity index is 2.11. The molecule has 1 unspecified atom stereocenters. The third-order valence-corrected chi connectivity index (χ3v) is 3.72. The molecule has 1 saturated heterocycles. The van der Waals surface area contributed by atoms with Crippen LogP contribution in [0.15, 0.2) is 12.4 Å². The van der Waals surface area contributed by atoms with Crippen molar-refractivity contribution in [2.24, 2.45) is 0 Å². The lowest BCUT2D eigenvalue weighted by Crippen LogP contribution is -2.42. The van der Waals surface area contributed by atoms with Crippen LogP contribution in [0.4, 0.5) is 5.82 Å². The SMILES string of the molecule is CCCNc1cncc(C(=O)N2CCCN(C)CC2C)n1. The molecule has 0 aliphatic carbocycles. The minimum absolute atomic E-state index is 0.0227. The van der Waals surface area contributed by atoms with E-state index in [9.17, 15) is 4.79 Å². The highest BCUT2D eigenvalue weighted by atomic mass is 16.2. The minimum atomic E-state index is -0.0227. The lowest BCUT2D eigenvalue weighted by atomic mass is 10.2. The Hall–Kier alpha value is -1.69. The number of aromatic nitrogens is 2. The van der Waals surface area contributed by atoms with Gasteiger partial charge in [0.2, 0.25) is 0 Å². The molecule has 2 heterocycles. The molecule has 1 aromatic rings. The Kier molecular flexibility index (Phi) is 5.50. The Morgan fingerprint density at radius 2 is 2.24 bits per heavy atom. The summed E-state index contributed by atoms with van der Waals surface area (Å²) in [5, 5.41) is 3.17. The Morgan fingerprint density at radius 1 is 1.43 bits per heavy atom. The van der Waals surface area contributed by atoms with E-state index in [0.717, 1.165) is 39.0 Å². The van der Waals surface area contributed by atoms with Crippen LogP contribution in [-0.4, -0.2) is 64.9 Å². The molecule has 1 aliphatic rings. The molecule has 0 aromatic carbocycles. The maximum atomic E-state index is 12.7. The van der Waals surface area contributed by atoms with Crippen LogP contribution < -0.4 is 5.32 Å². The zero-order valence-corrected chi connectivity index (χ0v) is 13.2. The molecule has 1 amide bonds. The highest BCUT2D eigenvalue weighted by molar-refractivity contribution is 5.92. The summed E-state index contributed by atoms with van der Waals surface area (Å²) in [6.07, 6.45) is 5.22. The van der Waals surface area contributed by atoms with Gasteiger partial charge in [-0.2, -0.15) is 0 Å². The number of hydrogen-bond donors (Lipinski definition) is 1. The maximum absolute atomic E-state index is 12.7. The first kappa shape index (κ1) is 15.7. The van der Waals surface area contributed by atoms with Crippen molar-refractivity contribution >= 4 is 11.7 Å². The number of carbonyl (C=O) groups excluding carboxylic acids is 1. The van der Waals surface area contributed by atoms with Crippen molar-refractivity contribution in [1.29, 1.82) is 0 Å². The molecule has 2 rings (SSSR count). The number of rotatable bonds is 4. The number of anilines is 1. The van der Waals surface area contributed by atoms with Gasteiger partial charge in [0.1, 0.15) is 11.5 Å². The van der Waals surface area contributed by atoms with E-state index in [4.69, 9.17) is 0 Å². The van der Waals surface area contributed by atoms with Gasteiger partial charge in [-0.15, -0.1) is 0 Å². The van der Waals surface area contributed by atoms with Gasteiger partial charge >= 0.3 is 0 Å². The van der Waals surface area contributed by atoms with Gasteiger partial charge < -0.3 is 15.1 Å². The fourth-order valence-electron chi connectivity index (χ4n) is 2.63. The van der Waals surface area contributed by atoms with E-state index < -0.39 is 0 Å². The Labute approximate surface area is 126 Å². The standard InChI is InChI=1S/C15H25N5O/c1-4-6-17-14-10-16-9-13(18-14)15(21)20-8-5-7-19(3)11-12(20)2/h9-10,12H,4-8,11H2,1-3H3,(H,17,18). The summed E-state index contributed by atoms with van der Waals surface area (Å²) < 4.78 is 0. The predicted molar refractivity (Wildman–Crippen MR) is 83.4 cm³/mol. The van der Waals surface area contributed by atoms with Crippen molar-refractivity contribution in [3.05, 3.63) is 18.1 Å². The fourth-order valence-corrected chi connectivity index (χ4v) is 2.63. The quantitative estimate of drug-likeness (QED) is 0.910. The molecule has 0 spiro atoms. The zero-order chi connectivity index (χ0) is 15.2. The first-order valence-corrected chi connectivity index (χ1v) is 7.67. The van der Waals surface area contributed by atoms with E-state index in [1.807, 2.05) is 4.90 Å². The topological polar surface area (TPSA) is 61.4 Å². The normalized spacial score (nSPS) is 20.1. The van der Waals surface area contributed by atoms with Crippen LogP contribution in [0.1, 0.15) is 37.2 Å². The van der Waals surface area contributed by atoms with Crippen LogP contribution in [0.25, 0.3) is 0 Å². The van der Waals surface area contributed by atoms with Crippen LogP contribution in [0.5, 0.6) is 0 Å². The van der Waals surface area contributed by atoms with Crippen LogP contribution in [0, 0.1) is 0 Å². The molecule has 116 valence electrons. The molecule has 1 fully saturated rings. The summed E-state index contributed by atoms with van der Waals surface area (Å²) in [6.45, 7) is 7.71. The number of nitrogens with zero attached hydrogens (tertiary/aromatic N) is 4. The van der Waals surface area contributed by atoms with E-state index in [0.29, 0.717) is 11.5 Å². The highest BCUT2D eigenvalue weighted by Crippen LogP contribution is 2.13. The molecule has 6 heteroatoms. The van der Waals surface area contributed by atoms with Crippen LogP contribution in [0.3, 0.4) is 0 Å². The van der Waals surface area contributed by atoms with Gasteiger partial charge in [-0.05, 0) is 33.4 Å². The average molecular weight is 291 g/mol. The van der Waals surface area contributed by atoms with Gasteiger partial charge in [0.25, 0.3) is 5.91 Å². The van der Waals surface area contributed by atoms with Gasteiger partial charge in [0, 0.05) is 25.7 Å². The van der Waals surface area contributed by atoms with Gasteiger partial charge in [0.15, 0.2) is 0 Å². The zero-order valence-electron chi connectivity index (χ0n) is 13.2. The molecular weight excluding hydrogens is 266 g/mol. The van der Waals surface area contributed by atoms with Crippen LogP contribution >= 0.6 is 0 Å². The fraction of sp³-hybridized carbons (Fsp3) is 0.667. The molecule has 1 atom stereocenters. The van der Waals surface area contributed by atoms with Crippen molar-refractivity contribution in [2.75, 3.05) is 38.5 Å². The summed E-state index contributed by atoms with van der Waals surface area (Å²) in [5.41, 5.74) is 0.424. The second-order valence-corrected chi connectivity index (χ2v) is 5.68. The Bertz CT molecular complexity index is 479. The van der Waals surface area contributed by atoms with E-state index >= 15 is 0 Å². The molecule has 0 saturated carbocycles. The van der Waals surface area contributed by atoms with Crippen molar-refractivity contribution in [2.45, 2.75) is 32.7 Å². The third-order valence-electron chi connectivity index (χ3n) is 3.72. The summed E-state index contributed by atoms with van der Waals surface area (Å²) in [5.74, 6) is 0.646. The first-order chi connectivity index (χ1) is 10.1. The van der Waals surface area contributed by atoms with Crippen molar-refractivity contribution in [1.82, 2.24) is 19.8 Å². The van der Waals surface area contributed by atoms with Crippen molar-refractivity contribution in [3.8, 4) is 0 Å². The molecule has 0 radical (unpaired) electrons. The van der Waals surface area contributed by atoms with Gasteiger partial charge in [-0.3, -0.25) is 9.78 Å². The summed E-state index contributed by atoms with van der Waals surface area (Å²) in [7, 11) is 2.10. The van der Waals surface area contributed by atoms with E-state index in [-0.39, 0.29) is 11.9 Å². The highest BCUT2D eigenvalue weighted by Gasteiger charge is 2.26. The molecule has 6 nitrogen and oxygen atoms in total. The van der Waals surface area contributed by atoms with Crippen molar-refractivity contribution < 1.29 is 4.79 Å². The van der Waals surface area contributed by atoms with E-state index in [1.54, 1.807) is 12.4 Å². The number of likely N-dealkylation sites (N-methyl/N-ethyl adjacent to an activating group) is 1. The molecule has 21 heavy (non-hydrogen) atoms. The smallest absolute Gasteiger partial charge is 0.274 e. The van der Waals surface area contributed by atoms with E-state index in [2.05, 4.69) is 41.1 Å². The largest absolute Gasteiger partial charge is 0.369 e. The second kappa shape index (κ2) is 7.36. The van der Waals surface area contributed by atoms with Crippen LogP contribution in [-0.2, 0) is 0 Å². The number of amides is 1. The summed E-state index contributed by atoms with van der Waals surface area (Å²) >= 11 is 0. The van der Waals surface area contributed by atoms with Gasteiger partial charge in [-0.1, -0.05) is 6.92 Å². The number of carbonyl (C=O) groups is 1. The predicted octanol–water partition coefficient (Wildman–Crippen LogP) is 1.46. The van der Waals surface area contributed by atoms with Crippen molar-refractivity contribution in [3.63, 3.8) is 0 Å². The van der Waals surface area contributed by atoms with Gasteiger partial charge in [-0.25, -0.2) is 4.98 Å². The lowest BCUT2D eigenvalue weighted by molar-refractivity contribution is 0.0690. The third kappa shape index (κ3) is 4.14. The van der Waals surface area contributed by atoms with E-state index in [1.165, 1.54) is 0 Å². The lowest BCUT2D eigenvalue weighted by Gasteiger charge is -2.27. The molecular formula is C15H25N5O. The second-order valence-electron chi connectivity index (χ2n) is 5.68. The monoisotopic (exact) mass is 291 g/mol. The first-order valence-electron chi connectivity index (χ1n) is 7.67. The molecule has 1 aliphatic heterocycles. The summed E-state index contributed by atoms with van der Waals surface area (Å²) in [4.78, 5) is 25.4. The van der Waals surface area contributed by atoms with Crippen LogP contribution in [0.2, 0.25) is 0 Å². The molecule has 0 bridgehead atoms. The molecule has 1 aromatic heterocycles. The molecule has 1 N–H and O–H groups in total. The minimum Gasteiger partial charge on any atom is -0.369 e. The average Bonchev–Trinajstić information content (AvgIpc) is 2.65. The number of nitrogens with one attached hydrogen (secondary N) is 1. The maximum Gasteiger partial charge on any atom is 0.274 e.